The first-order chi connectivity index (χ1) is 6.26. The van der Waals surface area contributed by atoms with Crippen LogP contribution in [-0.2, 0) is 9.53 Å². The Labute approximate surface area is 84.2 Å². The van der Waals surface area contributed by atoms with Gasteiger partial charge in [-0.2, -0.15) is 0 Å². The van der Waals surface area contributed by atoms with E-state index in [4.69, 9.17) is 4.74 Å². The first kappa shape index (κ1) is 12.7. The van der Waals surface area contributed by atoms with E-state index in [1.165, 1.54) is 7.05 Å². The highest BCUT2D eigenvalue weighted by Crippen LogP contribution is 2.06. The molecule has 0 fully saturated rings. The van der Waals surface area contributed by atoms with Crippen molar-refractivity contribution >= 4 is 12.0 Å². The van der Waals surface area contributed by atoms with Gasteiger partial charge >= 0.3 is 6.09 Å². The van der Waals surface area contributed by atoms with Crippen LogP contribution in [0, 0.1) is 0 Å². The Bertz CT molecular complexity index is 221. The van der Waals surface area contributed by atoms with E-state index >= 15 is 0 Å². The van der Waals surface area contributed by atoms with Gasteiger partial charge in [-0.15, -0.1) is 0 Å². The SMILES string of the molecule is CNC(=O)[C@@H](C)NC(=O)OC(C)(C)C. The average Bonchev–Trinajstić information content (AvgIpc) is 1.99. The highest BCUT2D eigenvalue weighted by molar-refractivity contribution is 5.84. The lowest BCUT2D eigenvalue weighted by Gasteiger charge is -2.21. The van der Waals surface area contributed by atoms with E-state index in [0.29, 0.717) is 0 Å². The third-order valence-corrected chi connectivity index (χ3v) is 1.37. The van der Waals surface area contributed by atoms with Crippen molar-refractivity contribution < 1.29 is 14.3 Å². The highest BCUT2D eigenvalue weighted by atomic mass is 16.6. The summed E-state index contributed by atoms with van der Waals surface area (Å²) in [6.45, 7) is 6.87. The van der Waals surface area contributed by atoms with Crippen LogP contribution in [0.5, 0.6) is 0 Å². The van der Waals surface area contributed by atoms with E-state index in [-0.39, 0.29) is 5.91 Å². The fourth-order valence-electron chi connectivity index (χ4n) is 0.766. The van der Waals surface area contributed by atoms with Gasteiger partial charge in [-0.1, -0.05) is 0 Å². The van der Waals surface area contributed by atoms with E-state index in [1.54, 1.807) is 27.7 Å². The summed E-state index contributed by atoms with van der Waals surface area (Å²) < 4.78 is 4.97. The molecular weight excluding hydrogens is 184 g/mol. The molecule has 0 heterocycles. The van der Waals surface area contributed by atoms with Crippen LogP contribution < -0.4 is 10.6 Å². The van der Waals surface area contributed by atoms with Crippen molar-refractivity contribution in [1.82, 2.24) is 10.6 Å². The summed E-state index contributed by atoms with van der Waals surface area (Å²) in [4.78, 5) is 22.2. The van der Waals surface area contributed by atoms with Crippen LogP contribution in [0.2, 0.25) is 0 Å². The monoisotopic (exact) mass is 202 g/mol. The van der Waals surface area contributed by atoms with E-state index in [2.05, 4.69) is 10.6 Å². The highest BCUT2D eigenvalue weighted by Gasteiger charge is 2.19. The van der Waals surface area contributed by atoms with Gasteiger partial charge in [0.1, 0.15) is 11.6 Å². The summed E-state index contributed by atoms with van der Waals surface area (Å²) in [5, 5.41) is 4.84. The van der Waals surface area contributed by atoms with Crippen LogP contribution >= 0.6 is 0 Å². The summed E-state index contributed by atoms with van der Waals surface area (Å²) in [5.74, 6) is -0.254. The van der Waals surface area contributed by atoms with E-state index in [9.17, 15) is 9.59 Å². The molecule has 0 radical (unpaired) electrons. The van der Waals surface area contributed by atoms with Crippen LogP contribution in [0.15, 0.2) is 0 Å². The fourth-order valence-corrected chi connectivity index (χ4v) is 0.766. The molecule has 0 saturated carbocycles. The summed E-state index contributed by atoms with van der Waals surface area (Å²) in [6.07, 6.45) is -0.589. The average molecular weight is 202 g/mol. The lowest BCUT2D eigenvalue weighted by atomic mass is 10.2. The summed E-state index contributed by atoms with van der Waals surface area (Å²) in [5.41, 5.74) is -0.549. The number of hydrogen-bond acceptors (Lipinski definition) is 3. The van der Waals surface area contributed by atoms with Crippen molar-refractivity contribution in [3.8, 4) is 0 Å². The van der Waals surface area contributed by atoms with Gasteiger partial charge in [0.15, 0.2) is 0 Å². The molecule has 82 valence electrons. The number of likely N-dealkylation sites (N-methyl/N-ethyl adjacent to an activating group) is 1. The molecular formula is C9H18N2O3. The Morgan fingerprint density at radius 1 is 1.29 bits per heavy atom. The minimum atomic E-state index is -0.589. The molecule has 2 N–H and O–H groups in total. The number of alkyl carbamates (subject to hydrolysis) is 1. The second-order valence-electron chi connectivity index (χ2n) is 3.98. The van der Waals surface area contributed by atoms with Crippen molar-refractivity contribution in [3.05, 3.63) is 0 Å². The molecule has 5 heteroatoms. The number of hydrogen-bond donors (Lipinski definition) is 2. The number of carbonyl (C=O) groups excluding carboxylic acids is 2. The number of rotatable bonds is 2. The smallest absolute Gasteiger partial charge is 0.408 e. The summed E-state index contributed by atoms with van der Waals surface area (Å²) in [7, 11) is 1.51. The zero-order chi connectivity index (χ0) is 11.4. The maximum atomic E-state index is 11.2. The standard InChI is InChI=1S/C9H18N2O3/c1-6(7(12)10-5)11-8(13)14-9(2,3)4/h6H,1-5H3,(H,10,12)(H,11,13)/t6-/m1/s1. The van der Waals surface area contributed by atoms with E-state index in [1.807, 2.05) is 0 Å². The Kier molecular flexibility index (Phi) is 4.40. The number of nitrogens with one attached hydrogen (secondary N) is 2. The van der Waals surface area contributed by atoms with Crippen LogP contribution in [0.25, 0.3) is 0 Å². The molecule has 0 aliphatic rings. The summed E-state index contributed by atoms with van der Waals surface area (Å²) >= 11 is 0. The summed E-state index contributed by atoms with van der Waals surface area (Å²) in [6, 6.07) is -0.588. The molecule has 0 unspecified atom stereocenters. The minimum Gasteiger partial charge on any atom is -0.444 e. The molecule has 0 saturated heterocycles. The van der Waals surface area contributed by atoms with Crippen molar-refractivity contribution in [1.29, 1.82) is 0 Å². The largest absolute Gasteiger partial charge is 0.444 e. The lowest BCUT2D eigenvalue weighted by molar-refractivity contribution is -0.122. The van der Waals surface area contributed by atoms with Crippen molar-refractivity contribution in [2.45, 2.75) is 39.3 Å². The maximum Gasteiger partial charge on any atom is 0.408 e. The van der Waals surface area contributed by atoms with E-state index < -0.39 is 17.7 Å². The number of carbonyl (C=O) groups is 2. The maximum absolute atomic E-state index is 11.2. The molecule has 0 aromatic heterocycles. The molecule has 0 aliphatic carbocycles. The quantitative estimate of drug-likeness (QED) is 0.690. The van der Waals surface area contributed by atoms with Crippen molar-refractivity contribution in [2.24, 2.45) is 0 Å². The molecule has 2 amide bonds. The molecule has 0 bridgehead atoms. The molecule has 0 rings (SSSR count). The Morgan fingerprint density at radius 3 is 2.14 bits per heavy atom. The van der Waals surface area contributed by atoms with Gasteiger partial charge in [-0.25, -0.2) is 4.79 Å². The second kappa shape index (κ2) is 4.83. The third-order valence-electron chi connectivity index (χ3n) is 1.37. The van der Waals surface area contributed by atoms with Crippen LogP contribution in [-0.4, -0.2) is 30.7 Å². The molecule has 0 spiro atoms. The normalized spacial score (nSPS) is 12.9. The zero-order valence-corrected chi connectivity index (χ0v) is 9.30. The molecule has 0 aliphatic heterocycles. The van der Waals surface area contributed by atoms with Gasteiger partial charge in [0.2, 0.25) is 5.91 Å². The number of ether oxygens (including phenoxy) is 1. The van der Waals surface area contributed by atoms with Crippen LogP contribution in [0.3, 0.4) is 0 Å². The molecule has 0 aromatic carbocycles. The topological polar surface area (TPSA) is 67.4 Å². The minimum absolute atomic E-state index is 0.254. The molecule has 14 heavy (non-hydrogen) atoms. The Balaban J connectivity index is 4.01. The lowest BCUT2D eigenvalue weighted by Crippen LogP contribution is -2.45. The number of amides is 2. The van der Waals surface area contributed by atoms with Gasteiger partial charge in [0.25, 0.3) is 0 Å². The molecule has 0 aromatic rings. The predicted molar refractivity (Wildman–Crippen MR) is 52.9 cm³/mol. The van der Waals surface area contributed by atoms with E-state index in [0.717, 1.165) is 0 Å². The van der Waals surface area contributed by atoms with Crippen molar-refractivity contribution in [2.75, 3.05) is 7.05 Å². The van der Waals surface area contributed by atoms with Gasteiger partial charge in [-0.05, 0) is 27.7 Å². The first-order valence-electron chi connectivity index (χ1n) is 4.47. The first-order valence-corrected chi connectivity index (χ1v) is 4.47. The second-order valence-corrected chi connectivity index (χ2v) is 3.98. The van der Waals surface area contributed by atoms with Gasteiger partial charge in [-0.3, -0.25) is 4.79 Å². The van der Waals surface area contributed by atoms with Gasteiger partial charge in [0, 0.05) is 7.05 Å². The molecule has 1 atom stereocenters. The van der Waals surface area contributed by atoms with Crippen LogP contribution in [0.4, 0.5) is 4.79 Å². The third kappa shape index (κ3) is 5.40. The van der Waals surface area contributed by atoms with Crippen LogP contribution in [0.1, 0.15) is 27.7 Å². The van der Waals surface area contributed by atoms with Gasteiger partial charge in [0.05, 0.1) is 0 Å². The Hall–Kier alpha value is -1.26. The predicted octanol–water partition coefficient (Wildman–Crippen LogP) is 0.646. The van der Waals surface area contributed by atoms with Crippen molar-refractivity contribution in [3.63, 3.8) is 0 Å². The zero-order valence-electron chi connectivity index (χ0n) is 9.30. The Morgan fingerprint density at radius 2 is 1.79 bits per heavy atom. The van der Waals surface area contributed by atoms with Gasteiger partial charge < -0.3 is 15.4 Å². The molecule has 5 nitrogen and oxygen atoms in total. The fraction of sp³-hybridized carbons (Fsp3) is 0.778.